The molecule has 0 amide bonds. The first kappa shape index (κ1) is 24.1. The Balaban J connectivity index is 1.96. The Kier molecular flexibility index (Phi) is 7.10. The standard InChI is InChI=1S/C25H36O5Si/c1-18(26)22-23(30-25(5,6)29-22)21(27)17-28-31(24(2,3)4,19-13-9-7-10-14-19)20-15-11-8-12-16-20/h7-16,18,21-23,26-27H,17H2,1-6H3/t18-,21+,22-,23-/m1/s1. The maximum atomic E-state index is 11.1. The van der Waals surface area contributed by atoms with Gasteiger partial charge in [-0.25, -0.2) is 0 Å². The largest absolute Gasteiger partial charge is 0.405 e. The third-order valence-electron chi connectivity index (χ3n) is 5.91. The summed E-state index contributed by atoms with van der Waals surface area (Å²) in [5, 5.41) is 23.4. The van der Waals surface area contributed by atoms with Crippen LogP contribution in [0.25, 0.3) is 0 Å². The molecule has 1 aliphatic rings. The second-order valence-corrected chi connectivity index (χ2v) is 14.2. The van der Waals surface area contributed by atoms with Crippen LogP contribution in [0.3, 0.4) is 0 Å². The molecule has 170 valence electrons. The highest BCUT2D eigenvalue weighted by atomic mass is 28.4. The zero-order valence-electron chi connectivity index (χ0n) is 19.4. The Labute approximate surface area is 187 Å². The molecule has 0 aromatic heterocycles. The van der Waals surface area contributed by atoms with Crippen molar-refractivity contribution in [3.63, 3.8) is 0 Å². The average molecular weight is 445 g/mol. The van der Waals surface area contributed by atoms with Gasteiger partial charge in [0, 0.05) is 0 Å². The van der Waals surface area contributed by atoms with Gasteiger partial charge in [0.25, 0.3) is 8.32 Å². The predicted molar refractivity (Wildman–Crippen MR) is 125 cm³/mol. The molecule has 0 unspecified atom stereocenters. The molecule has 1 heterocycles. The van der Waals surface area contributed by atoms with Gasteiger partial charge in [0.2, 0.25) is 0 Å². The Morgan fingerprint density at radius 2 is 1.35 bits per heavy atom. The van der Waals surface area contributed by atoms with Gasteiger partial charge in [0.1, 0.15) is 18.3 Å². The Morgan fingerprint density at radius 1 is 0.903 bits per heavy atom. The van der Waals surface area contributed by atoms with E-state index in [2.05, 4.69) is 45.0 Å². The highest BCUT2D eigenvalue weighted by Crippen LogP contribution is 2.38. The van der Waals surface area contributed by atoms with Gasteiger partial charge in [-0.05, 0) is 36.2 Å². The van der Waals surface area contributed by atoms with Gasteiger partial charge >= 0.3 is 0 Å². The van der Waals surface area contributed by atoms with Gasteiger partial charge in [-0.3, -0.25) is 0 Å². The lowest BCUT2D eigenvalue weighted by atomic mass is 10.1. The molecule has 2 N–H and O–H groups in total. The SMILES string of the molecule is C[C@@H](O)[C@H]1OC(C)(C)O[C@@H]1[C@@H](O)CO[Si](c1ccccc1)(c1ccccc1)C(C)(C)C. The summed E-state index contributed by atoms with van der Waals surface area (Å²) in [5.74, 6) is -0.870. The molecule has 1 fully saturated rings. The summed E-state index contributed by atoms with van der Waals surface area (Å²) in [6.45, 7) is 11.9. The molecule has 0 bridgehead atoms. The van der Waals surface area contributed by atoms with E-state index in [1.165, 1.54) is 0 Å². The van der Waals surface area contributed by atoms with Gasteiger partial charge in [0.05, 0.1) is 12.7 Å². The van der Waals surface area contributed by atoms with Gasteiger partial charge < -0.3 is 24.1 Å². The molecular formula is C25H36O5Si. The number of aliphatic hydroxyl groups is 2. The highest BCUT2D eigenvalue weighted by Gasteiger charge is 2.52. The molecule has 5 nitrogen and oxygen atoms in total. The minimum absolute atomic E-state index is 0.0839. The van der Waals surface area contributed by atoms with E-state index >= 15 is 0 Å². The fourth-order valence-corrected chi connectivity index (χ4v) is 9.13. The predicted octanol–water partition coefficient (Wildman–Crippen LogP) is 2.82. The average Bonchev–Trinajstić information content (AvgIpc) is 3.05. The van der Waals surface area contributed by atoms with Crippen LogP contribution in [-0.4, -0.2) is 55.3 Å². The Hall–Kier alpha value is -1.54. The first-order chi connectivity index (χ1) is 14.5. The van der Waals surface area contributed by atoms with Crippen LogP contribution in [0.5, 0.6) is 0 Å². The van der Waals surface area contributed by atoms with Gasteiger partial charge in [-0.15, -0.1) is 0 Å². The number of ether oxygens (including phenoxy) is 2. The smallest absolute Gasteiger partial charge is 0.261 e. The van der Waals surface area contributed by atoms with Crippen molar-refractivity contribution in [3.8, 4) is 0 Å². The van der Waals surface area contributed by atoms with Crippen LogP contribution >= 0.6 is 0 Å². The van der Waals surface area contributed by atoms with Crippen LogP contribution in [0, 0.1) is 0 Å². The first-order valence-electron chi connectivity index (χ1n) is 10.9. The summed E-state index contributed by atoms with van der Waals surface area (Å²) in [6.07, 6.45) is -3.00. The van der Waals surface area contributed by atoms with E-state index in [1.54, 1.807) is 20.8 Å². The van der Waals surface area contributed by atoms with Gasteiger partial charge in [-0.1, -0.05) is 81.4 Å². The highest BCUT2D eigenvalue weighted by molar-refractivity contribution is 6.99. The summed E-state index contributed by atoms with van der Waals surface area (Å²) in [6, 6.07) is 20.6. The molecular weight excluding hydrogens is 408 g/mol. The molecule has 1 aliphatic heterocycles. The van der Waals surface area contributed by atoms with Crippen molar-refractivity contribution in [1.82, 2.24) is 0 Å². The maximum absolute atomic E-state index is 11.1. The second kappa shape index (κ2) is 9.14. The van der Waals surface area contributed by atoms with Crippen molar-refractivity contribution in [2.24, 2.45) is 0 Å². The van der Waals surface area contributed by atoms with E-state index in [0.29, 0.717) is 0 Å². The van der Waals surface area contributed by atoms with Crippen molar-refractivity contribution in [1.29, 1.82) is 0 Å². The summed E-state index contributed by atoms with van der Waals surface area (Å²) in [7, 11) is -2.77. The normalized spacial score (nSPS) is 23.5. The Bertz CT molecular complexity index is 792. The third kappa shape index (κ3) is 4.95. The van der Waals surface area contributed by atoms with Crippen molar-refractivity contribution < 1.29 is 24.1 Å². The fraction of sp³-hybridized carbons (Fsp3) is 0.520. The number of hydrogen-bond donors (Lipinski definition) is 2. The zero-order valence-corrected chi connectivity index (χ0v) is 20.4. The van der Waals surface area contributed by atoms with E-state index in [9.17, 15) is 10.2 Å². The molecule has 3 rings (SSSR count). The second-order valence-electron chi connectivity index (χ2n) is 9.85. The monoisotopic (exact) mass is 444 g/mol. The van der Waals surface area contributed by atoms with Crippen LogP contribution in [0.15, 0.2) is 60.7 Å². The van der Waals surface area contributed by atoms with Crippen LogP contribution in [0.1, 0.15) is 41.5 Å². The van der Waals surface area contributed by atoms with E-state index < -0.39 is 38.5 Å². The van der Waals surface area contributed by atoms with E-state index in [-0.39, 0.29) is 11.6 Å². The summed E-state index contributed by atoms with van der Waals surface area (Å²) in [5.41, 5.74) is 0. The third-order valence-corrected chi connectivity index (χ3v) is 10.9. The van der Waals surface area contributed by atoms with Gasteiger partial charge in [0.15, 0.2) is 5.79 Å². The van der Waals surface area contributed by atoms with Crippen LogP contribution in [0.2, 0.25) is 5.04 Å². The van der Waals surface area contributed by atoms with Gasteiger partial charge in [-0.2, -0.15) is 0 Å². The zero-order chi connectivity index (χ0) is 22.9. The van der Waals surface area contributed by atoms with E-state index in [1.807, 2.05) is 36.4 Å². The molecule has 0 aliphatic carbocycles. The van der Waals surface area contributed by atoms with Crippen molar-refractivity contribution in [2.75, 3.05) is 6.61 Å². The lowest BCUT2D eigenvalue weighted by Gasteiger charge is -2.43. The lowest BCUT2D eigenvalue weighted by Crippen LogP contribution is -2.67. The van der Waals surface area contributed by atoms with Crippen LogP contribution < -0.4 is 10.4 Å². The molecule has 2 aromatic rings. The van der Waals surface area contributed by atoms with Crippen LogP contribution in [0.4, 0.5) is 0 Å². The van der Waals surface area contributed by atoms with Crippen molar-refractivity contribution in [2.45, 2.75) is 76.8 Å². The van der Waals surface area contributed by atoms with Crippen LogP contribution in [-0.2, 0) is 13.9 Å². The summed E-state index contributed by atoms with van der Waals surface area (Å²) >= 11 is 0. The van der Waals surface area contributed by atoms with E-state index in [0.717, 1.165) is 10.4 Å². The number of rotatable bonds is 7. The minimum Gasteiger partial charge on any atom is -0.405 e. The summed E-state index contributed by atoms with van der Waals surface area (Å²) < 4.78 is 18.6. The number of aliphatic hydroxyl groups excluding tert-OH is 2. The topological polar surface area (TPSA) is 68.2 Å². The van der Waals surface area contributed by atoms with E-state index in [4.69, 9.17) is 13.9 Å². The maximum Gasteiger partial charge on any atom is 0.261 e. The molecule has 4 atom stereocenters. The fourth-order valence-electron chi connectivity index (χ4n) is 4.55. The molecule has 2 aromatic carbocycles. The minimum atomic E-state index is -2.77. The molecule has 0 radical (unpaired) electrons. The van der Waals surface area contributed by atoms with Crippen molar-refractivity contribution >= 4 is 18.7 Å². The molecule has 1 saturated heterocycles. The molecule has 0 saturated carbocycles. The summed E-state index contributed by atoms with van der Waals surface area (Å²) in [4.78, 5) is 0. The quantitative estimate of drug-likeness (QED) is 0.643. The Morgan fingerprint density at radius 3 is 1.77 bits per heavy atom. The number of hydrogen-bond acceptors (Lipinski definition) is 5. The first-order valence-corrected chi connectivity index (χ1v) is 12.9. The number of benzene rings is 2. The molecule has 31 heavy (non-hydrogen) atoms. The van der Waals surface area contributed by atoms with Crippen molar-refractivity contribution in [3.05, 3.63) is 60.7 Å². The molecule has 0 spiro atoms. The molecule has 6 heteroatoms. The lowest BCUT2D eigenvalue weighted by molar-refractivity contribution is -0.161.